The number of piperazine rings is 1. The molecule has 0 N–H and O–H groups in total. The number of ether oxygens (including phenoxy) is 2. The predicted molar refractivity (Wildman–Crippen MR) is 149 cm³/mol. The van der Waals surface area contributed by atoms with E-state index in [-0.39, 0.29) is 31.1 Å². The number of anilines is 1. The summed E-state index contributed by atoms with van der Waals surface area (Å²) in [6.45, 7) is 8.24. The number of aromatic nitrogens is 2. The molecule has 0 unspecified atom stereocenters. The summed E-state index contributed by atoms with van der Waals surface area (Å²) >= 11 is 0. The van der Waals surface area contributed by atoms with Crippen LogP contribution in [0, 0.1) is 0 Å². The van der Waals surface area contributed by atoms with Gasteiger partial charge in [0, 0.05) is 50.2 Å². The van der Waals surface area contributed by atoms with Crippen LogP contribution in [0.15, 0.2) is 48.8 Å². The highest BCUT2D eigenvalue weighted by atomic mass is 19.4. The topological polar surface area (TPSA) is 62.5 Å². The minimum Gasteiger partial charge on any atom is -0.441 e. The molecule has 0 bridgehead atoms. The van der Waals surface area contributed by atoms with Crippen molar-refractivity contribution in [2.24, 2.45) is 0 Å². The average molecular weight is 572 g/mol. The first-order chi connectivity index (χ1) is 19.6. The van der Waals surface area contributed by atoms with E-state index in [1.165, 1.54) is 0 Å². The van der Waals surface area contributed by atoms with E-state index in [0.29, 0.717) is 58.0 Å². The third kappa shape index (κ3) is 5.25. The molecule has 220 valence electrons. The van der Waals surface area contributed by atoms with Crippen LogP contribution in [-0.2, 0) is 14.9 Å². The van der Waals surface area contributed by atoms with Crippen LogP contribution in [0.1, 0.15) is 32.3 Å². The number of benzene rings is 1. The summed E-state index contributed by atoms with van der Waals surface area (Å²) in [5.41, 5.74) is 2.14. The summed E-state index contributed by atoms with van der Waals surface area (Å²) in [7, 11) is 0. The number of rotatable bonds is 5. The van der Waals surface area contributed by atoms with Crippen LogP contribution in [-0.4, -0.2) is 96.3 Å². The first-order valence-electron chi connectivity index (χ1n) is 14.3. The highest BCUT2D eigenvalue weighted by molar-refractivity contribution is 5.80. The molecule has 41 heavy (non-hydrogen) atoms. The van der Waals surface area contributed by atoms with Crippen molar-refractivity contribution in [3.63, 3.8) is 0 Å². The maximum absolute atomic E-state index is 14.5. The second kappa shape index (κ2) is 10.8. The molecule has 11 heteroatoms. The molecule has 3 aliphatic heterocycles. The standard InChI is InChI=1S/C30H36F3N5O3/c1-21(2)35-11-8-29(9-12-35,30(31,32)33)24-5-3-22(4-6-24)23-17-27-26(7-10-34-38(27)18-23)36-13-15-37(16-14-36)28(39)41-25-19-40-20-25/h3-7,10,17-18,21,25H,8-9,11-16,19-20H2,1-2H3. The van der Waals surface area contributed by atoms with Crippen molar-refractivity contribution in [2.45, 2.75) is 50.4 Å². The Morgan fingerprint density at radius 2 is 1.68 bits per heavy atom. The first-order valence-corrected chi connectivity index (χ1v) is 14.3. The van der Waals surface area contributed by atoms with Crippen LogP contribution in [0.2, 0.25) is 0 Å². The van der Waals surface area contributed by atoms with E-state index < -0.39 is 11.6 Å². The SMILES string of the molecule is CC(C)N1CCC(c2ccc(-c3cc4c(N5CCN(C(=O)OC6COC6)CC5)ccnn4c3)cc2)(C(F)(F)F)CC1. The van der Waals surface area contributed by atoms with Crippen LogP contribution in [0.5, 0.6) is 0 Å². The number of alkyl halides is 3. The zero-order valence-electron chi connectivity index (χ0n) is 23.4. The third-order valence-corrected chi connectivity index (χ3v) is 8.94. The van der Waals surface area contributed by atoms with Gasteiger partial charge >= 0.3 is 12.3 Å². The van der Waals surface area contributed by atoms with Crippen molar-refractivity contribution in [3.8, 4) is 11.1 Å². The molecular weight excluding hydrogens is 535 g/mol. The molecule has 1 amide bonds. The van der Waals surface area contributed by atoms with Crippen LogP contribution in [0.3, 0.4) is 0 Å². The quantitative estimate of drug-likeness (QED) is 0.432. The Bertz CT molecular complexity index is 1370. The van der Waals surface area contributed by atoms with Crippen molar-refractivity contribution in [3.05, 3.63) is 54.4 Å². The molecule has 5 heterocycles. The molecule has 6 rings (SSSR count). The number of piperidine rings is 1. The maximum atomic E-state index is 14.5. The fourth-order valence-corrected chi connectivity index (χ4v) is 6.19. The molecule has 3 aliphatic rings. The summed E-state index contributed by atoms with van der Waals surface area (Å²) in [5.74, 6) is 0. The average Bonchev–Trinajstić information content (AvgIpc) is 3.39. The van der Waals surface area contributed by atoms with Crippen molar-refractivity contribution in [2.75, 3.05) is 57.4 Å². The van der Waals surface area contributed by atoms with E-state index in [0.717, 1.165) is 22.3 Å². The minimum absolute atomic E-state index is 0.0669. The summed E-state index contributed by atoms with van der Waals surface area (Å²) < 4.78 is 55.7. The van der Waals surface area contributed by atoms with E-state index in [9.17, 15) is 18.0 Å². The molecule has 0 saturated carbocycles. The second-order valence-electron chi connectivity index (χ2n) is 11.6. The zero-order chi connectivity index (χ0) is 28.8. The van der Waals surface area contributed by atoms with Gasteiger partial charge in [0.2, 0.25) is 0 Å². The highest BCUT2D eigenvalue weighted by Crippen LogP contribution is 2.49. The lowest BCUT2D eigenvalue weighted by molar-refractivity contribution is -0.203. The van der Waals surface area contributed by atoms with Crippen LogP contribution >= 0.6 is 0 Å². The Morgan fingerprint density at radius 3 is 2.27 bits per heavy atom. The summed E-state index contributed by atoms with van der Waals surface area (Å²) in [4.78, 5) is 18.5. The number of hydrogen-bond donors (Lipinski definition) is 0. The Hall–Kier alpha value is -3.31. The van der Waals surface area contributed by atoms with Gasteiger partial charge in [-0.2, -0.15) is 18.3 Å². The van der Waals surface area contributed by atoms with Gasteiger partial charge in [0.1, 0.15) is 0 Å². The van der Waals surface area contributed by atoms with Crippen LogP contribution in [0.4, 0.5) is 23.7 Å². The molecule has 0 aliphatic carbocycles. The number of hydrogen-bond acceptors (Lipinski definition) is 6. The van der Waals surface area contributed by atoms with Gasteiger partial charge in [-0.1, -0.05) is 24.3 Å². The van der Waals surface area contributed by atoms with Crippen molar-refractivity contribution in [1.29, 1.82) is 0 Å². The predicted octanol–water partition coefficient (Wildman–Crippen LogP) is 4.96. The van der Waals surface area contributed by atoms with Crippen LogP contribution in [0.25, 0.3) is 16.6 Å². The Balaban J connectivity index is 1.19. The lowest BCUT2D eigenvalue weighted by Crippen LogP contribution is -2.52. The van der Waals surface area contributed by atoms with Crippen molar-refractivity contribution in [1.82, 2.24) is 19.4 Å². The Labute approximate surface area is 237 Å². The molecule has 1 aromatic carbocycles. The Morgan fingerprint density at radius 1 is 1.00 bits per heavy atom. The maximum Gasteiger partial charge on any atom is 0.410 e. The summed E-state index contributed by atoms with van der Waals surface area (Å²) in [5, 5.41) is 4.47. The lowest BCUT2D eigenvalue weighted by atomic mass is 9.71. The molecule has 8 nitrogen and oxygen atoms in total. The second-order valence-corrected chi connectivity index (χ2v) is 11.6. The number of carbonyl (C=O) groups excluding carboxylic acids is 1. The van der Waals surface area contributed by atoms with Crippen LogP contribution < -0.4 is 4.90 Å². The molecule has 0 spiro atoms. The van der Waals surface area contributed by atoms with Gasteiger partial charge in [-0.05, 0) is 63.0 Å². The van der Waals surface area contributed by atoms with E-state index >= 15 is 0 Å². The zero-order valence-corrected chi connectivity index (χ0v) is 23.4. The number of likely N-dealkylation sites (tertiary alicyclic amines) is 1. The van der Waals surface area contributed by atoms with E-state index in [4.69, 9.17) is 9.47 Å². The van der Waals surface area contributed by atoms with Gasteiger partial charge in [0.05, 0.1) is 29.8 Å². The van der Waals surface area contributed by atoms with E-state index in [1.54, 1.807) is 39.9 Å². The monoisotopic (exact) mass is 571 g/mol. The minimum atomic E-state index is -4.31. The summed E-state index contributed by atoms with van der Waals surface area (Å²) in [6.07, 6.45) is -0.983. The number of amides is 1. The number of halogens is 3. The molecule has 0 atom stereocenters. The highest BCUT2D eigenvalue weighted by Gasteiger charge is 2.56. The van der Waals surface area contributed by atoms with Gasteiger partial charge < -0.3 is 24.2 Å². The molecule has 3 fully saturated rings. The lowest BCUT2D eigenvalue weighted by Gasteiger charge is -2.44. The molecule has 3 aromatic rings. The fraction of sp³-hybridized carbons (Fsp3) is 0.533. The molecular formula is C30H36F3N5O3. The normalized spacial score (nSPS) is 20.4. The summed E-state index contributed by atoms with van der Waals surface area (Å²) in [6, 6.07) is 11.1. The largest absolute Gasteiger partial charge is 0.441 e. The number of fused-ring (bicyclic) bond motifs is 1. The molecule has 3 saturated heterocycles. The van der Waals surface area contributed by atoms with E-state index in [1.807, 2.05) is 32.2 Å². The molecule has 2 aromatic heterocycles. The van der Waals surface area contributed by atoms with Gasteiger partial charge in [-0.3, -0.25) is 0 Å². The molecule has 0 radical (unpaired) electrons. The first kappa shape index (κ1) is 27.8. The smallest absolute Gasteiger partial charge is 0.410 e. The number of nitrogens with zero attached hydrogens (tertiary/aromatic N) is 5. The van der Waals surface area contributed by atoms with Gasteiger partial charge in [0.15, 0.2) is 6.10 Å². The van der Waals surface area contributed by atoms with Gasteiger partial charge in [-0.15, -0.1) is 0 Å². The Kier molecular flexibility index (Phi) is 7.35. The van der Waals surface area contributed by atoms with Crippen molar-refractivity contribution >= 4 is 17.3 Å². The van der Waals surface area contributed by atoms with Gasteiger partial charge in [-0.25, -0.2) is 9.31 Å². The third-order valence-electron chi connectivity index (χ3n) is 8.94. The fourth-order valence-electron chi connectivity index (χ4n) is 6.19. The van der Waals surface area contributed by atoms with Crippen molar-refractivity contribution < 1.29 is 27.4 Å². The van der Waals surface area contributed by atoms with Gasteiger partial charge in [0.25, 0.3) is 0 Å². The number of carbonyl (C=O) groups is 1. The van der Waals surface area contributed by atoms with E-state index in [2.05, 4.69) is 14.9 Å².